The van der Waals surface area contributed by atoms with Gasteiger partial charge in [-0.1, -0.05) is 0 Å². The van der Waals surface area contributed by atoms with E-state index in [0.29, 0.717) is 6.04 Å². The normalized spacial score (nSPS) is 17.6. The molecule has 94 valence electrons. The maximum absolute atomic E-state index is 11.7. The third-order valence-corrected chi connectivity index (χ3v) is 2.92. The van der Waals surface area contributed by atoms with Crippen molar-refractivity contribution in [2.45, 2.75) is 25.3 Å². The maximum atomic E-state index is 11.7. The predicted octanol–water partition coefficient (Wildman–Crippen LogP) is 0.104. The molecule has 5 nitrogen and oxygen atoms in total. The fraction of sp³-hybridized carbons (Fsp3) is 0.909. The molecule has 16 heavy (non-hydrogen) atoms. The zero-order valence-corrected chi connectivity index (χ0v) is 10.3. The van der Waals surface area contributed by atoms with Crippen LogP contribution in [0.5, 0.6) is 0 Å². The van der Waals surface area contributed by atoms with Crippen molar-refractivity contribution in [3.05, 3.63) is 0 Å². The molecular formula is C11H23N3O2. The van der Waals surface area contributed by atoms with Crippen molar-refractivity contribution in [3.8, 4) is 0 Å². The molecular weight excluding hydrogens is 206 g/mol. The van der Waals surface area contributed by atoms with Gasteiger partial charge in [-0.25, -0.2) is 4.79 Å². The number of aliphatic hydroxyl groups excluding tert-OH is 1. The van der Waals surface area contributed by atoms with E-state index in [0.717, 1.165) is 38.9 Å². The van der Waals surface area contributed by atoms with Gasteiger partial charge in [-0.15, -0.1) is 0 Å². The second-order valence-corrected chi connectivity index (χ2v) is 4.47. The van der Waals surface area contributed by atoms with Crippen LogP contribution in [0.15, 0.2) is 0 Å². The van der Waals surface area contributed by atoms with Gasteiger partial charge in [-0.05, 0) is 25.8 Å². The molecule has 1 rings (SSSR count). The number of rotatable bonds is 4. The van der Waals surface area contributed by atoms with Crippen LogP contribution in [0.4, 0.5) is 4.79 Å². The first kappa shape index (κ1) is 13.3. The minimum atomic E-state index is 0.105. The molecule has 1 heterocycles. The SMILES string of the molecule is CN(C)C(=O)N1CCC(NCCCO)CC1. The second kappa shape index (κ2) is 6.70. The zero-order valence-electron chi connectivity index (χ0n) is 10.3. The lowest BCUT2D eigenvalue weighted by molar-refractivity contribution is 0.152. The Morgan fingerprint density at radius 1 is 1.44 bits per heavy atom. The van der Waals surface area contributed by atoms with Gasteiger partial charge in [0.15, 0.2) is 0 Å². The summed E-state index contributed by atoms with van der Waals surface area (Å²) in [5.41, 5.74) is 0. The first-order valence-electron chi connectivity index (χ1n) is 5.95. The van der Waals surface area contributed by atoms with Gasteiger partial charge >= 0.3 is 6.03 Å². The van der Waals surface area contributed by atoms with E-state index < -0.39 is 0 Å². The lowest BCUT2D eigenvalue weighted by Crippen LogP contribution is -2.48. The molecule has 2 amide bonds. The summed E-state index contributed by atoms with van der Waals surface area (Å²) >= 11 is 0. The molecule has 1 aliphatic heterocycles. The highest BCUT2D eigenvalue weighted by Crippen LogP contribution is 2.11. The van der Waals surface area contributed by atoms with Crippen LogP contribution in [0, 0.1) is 0 Å². The number of nitrogens with one attached hydrogen (secondary N) is 1. The molecule has 0 bridgehead atoms. The summed E-state index contributed by atoms with van der Waals surface area (Å²) in [5, 5.41) is 12.1. The Labute approximate surface area is 97.4 Å². The van der Waals surface area contributed by atoms with Crippen LogP contribution in [0.3, 0.4) is 0 Å². The van der Waals surface area contributed by atoms with E-state index in [9.17, 15) is 4.79 Å². The largest absolute Gasteiger partial charge is 0.396 e. The molecule has 5 heteroatoms. The molecule has 0 unspecified atom stereocenters. The number of carbonyl (C=O) groups is 1. The average Bonchev–Trinajstić information content (AvgIpc) is 2.29. The highest BCUT2D eigenvalue weighted by molar-refractivity contribution is 5.73. The minimum absolute atomic E-state index is 0.105. The van der Waals surface area contributed by atoms with Gasteiger partial charge in [0.1, 0.15) is 0 Å². The second-order valence-electron chi connectivity index (χ2n) is 4.47. The lowest BCUT2D eigenvalue weighted by Gasteiger charge is -2.34. The van der Waals surface area contributed by atoms with Crippen LogP contribution in [-0.2, 0) is 0 Å². The van der Waals surface area contributed by atoms with Crippen molar-refractivity contribution >= 4 is 6.03 Å². The molecule has 1 saturated heterocycles. The van der Waals surface area contributed by atoms with E-state index in [4.69, 9.17) is 5.11 Å². The lowest BCUT2D eigenvalue weighted by atomic mass is 10.1. The van der Waals surface area contributed by atoms with Crippen molar-refractivity contribution in [1.29, 1.82) is 0 Å². The molecule has 0 radical (unpaired) electrons. The van der Waals surface area contributed by atoms with Crippen molar-refractivity contribution in [2.75, 3.05) is 40.3 Å². The van der Waals surface area contributed by atoms with Crippen molar-refractivity contribution in [1.82, 2.24) is 15.1 Å². The summed E-state index contributed by atoms with van der Waals surface area (Å²) < 4.78 is 0. The number of nitrogens with zero attached hydrogens (tertiary/aromatic N) is 2. The Morgan fingerprint density at radius 3 is 2.56 bits per heavy atom. The minimum Gasteiger partial charge on any atom is -0.396 e. The highest BCUT2D eigenvalue weighted by atomic mass is 16.3. The van der Waals surface area contributed by atoms with E-state index in [1.807, 2.05) is 4.90 Å². The molecule has 0 aromatic rings. The molecule has 0 atom stereocenters. The molecule has 2 N–H and O–H groups in total. The standard InChI is InChI=1S/C11H23N3O2/c1-13(2)11(16)14-7-4-10(5-8-14)12-6-3-9-15/h10,12,15H,3-9H2,1-2H3. The Kier molecular flexibility index (Phi) is 5.55. The number of likely N-dealkylation sites (tertiary alicyclic amines) is 1. The molecule has 0 aliphatic carbocycles. The topological polar surface area (TPSA) is 55.8 Å². The molecule has 1 aliphatic rings. The summed E-state index contributed by atoms with van der Waals surface area (Å²) in [4.78, 5) is 15.2. The summed E-state index contributed by atoms with van der Waals surface area (Å²) in [5.74, 6) is 0. The van der Waals surface area contributed by atoms with Gasteiger partial charge in [0, 0.05) is 39.8 Å². The smallest absolute Gasteiger partial charge is 0.319 e. The van der Waals surface area contributed by atoms with Gasteiger partial charge in [-0.2, -0.15) is 0 Å². The first-order valence-corrected chi connectivity index (χ1v) is 5.95. The number of hydrogen-bond donors (Lipinski definition) is 2. The van der Waals surface area contributed by atoms with Gasteiger partial charge in [0.05, 0.1) is 0 Å². The van der Waals surface area contributed by atoms with Crippen LogP contribution < -0.4 is 5.32 Å². The fourth-order valence-electron chi connectivity index (χ4n) is 1.94. The van der Waals surface area contributed by atoms with E-state index in [-0.39, 0.29) is 12.6 Å². The highest BCUT2D eigenvalue weighted by Gasteiger charge is 2.22. The Hall–Kier alpha value is -0.810. The van der Waals surface area contributed by atoms with Crippen LogP contribution in [0.1, 0.15) is 19.3 Å². The number of piperidine rings is 1. The summed E-state index contributed by atoms with van der Waals surface area (Å²) in [6.45, 7) is 2.76. The number of urea groups is 1. The summed E-state index contributed by atoms with van der Waals surface area (Å²) in [7, 11) is 3.57. The number of amides is 2. The number of aliphatic hydroxyl groups is 1. The Balaban J connectivity index is 2.20. The van der Waals surface area contributed by atoms with Crippen LogP contribution in [0.25, 0.3) is 0 Å². The summed E-state index contributed by atoms with van der Waals surface area (Å²) in [6.07, 6.45) is 2.81. The third kappa shape index (κ3) is 3.98. The molecule has 0 spiro atoms. The van der Waals surface area contributed by atoms with E-state index in [2.05, 4.69) is 5.32 Å². The van der Waals surface area contributed by atoms with Gasteiger partial charge in [0.25, 0.3) is 0 Å². The van der Waals surface area contributed by atoms with Crippen molar-refractivity contribution in [3.63, 3.8) is 0 Å². The van der Waals surface area contributed by atoms with Crippen LogP contribution >= 0.6 is 0 Å². The quantitative estimate of drug-likeness (QED) is 0.673. The fourth-order valence-corrected chi connectivity index (χ4v) is 1.94. The van der Waals surface area contributed by atoms with E-state index in [1.165, 1.54) is 0 Å². The zero-order chi connectivity index (χ0) is 12.0. The van der Waals surface area contributed by atoms with Gasteiger partial charge in [0.2, 0.25) is 0 Å². The molecule has 0 saturated carbocycles. The third-order valence-electron chi connectivity index (χ3n) is 2.92. The first-order chi connectivity index (χ1) is 7.65. The van der Waals surface area contributed by atoms with Crippen molar-refractivity contribution < 1.29 is 9.90 Å². The van der Waals surface area contributed by atoms with Gasteiger partial charge in [-0.3, -0.25) is 0 Å². The van der Waals surface area contributed by atoms with Crippen molar-refractivity contribution in [2.24, 2.45) is 0 Å². The average molecular weight is 229 g/mol. The monoisotopic (exact) mass is 229 g/mol. The Bertz CT molecular complexity index is 213. The molecule has 0 aromatic heterocycles. The molecule has 0 aromatic carbocycles. The predicted molar refractivity (Wildman–Crippen MR) is 63.4 cm³/mol. The Morgan fingerprint density at radius 2 is 2.06 bits per heavy atom. The van der Waals surface area contributed by atoms with Crippen LogP contribution in [0.2, 0.25) is 0 Å². The number of hydrogen-bond acceptors (Lipinski definition) is 3. The maximum Gasteiger partial charge on any atom is 0.319 e. The van der Waals surface area contributed by atoms with Gasteiger partial charge < -0.3 is 20.2 Å². The molecule has 1 fully saturated rings. The summed E-state index contributed by atoms with van der Waals surface area (Å²) in [6, 6.07) is 0.603. The number of carbonyl (C=O) groups excluding carboxylic acids is 1. The van der Waals surface area contributed by atoms with Crippen LogP contribution in [-0.4, -0.2) is 67.3 Å². The van der Waals surface area contributed by atoms with E-state index in [1.54, 1.807) is 19.0 Å². The van der Waals surface area contributed by atoms with E-state index >= 15 is 0 Å².